The number of hydrogen-bond acceptors (Lipinski definition) is 2. The van der Waals surface area contributed by atoms with Crippen LogP contribution in [-0.2, 0) is 4.74 Å². The molecule has 2 rings (SSSR count). The first-order valence-electron chi connectivity index (χ1n) is 6.88. The van der Waals surface area contributed by atoms with Gasteiger partial charge >= 0.3 is 0 Å². The molecule has 1 aliphatic carbocycles. The molecule has 1 aliphatic heterocycles. The van der Waals surface area contributed by atoms with E-state index in [-0.39, 0.29) is 0 Å². The number of piperidine rings is 1. The maximum Gasteiger partial charge on any atom is 0.191 e. The van der Waals surface area contributed by atoms with Crippen molar-refractivity contribution in [3.05, 3.63) is 0 Å². The van der Waals surface area contributed by atoms with Crippen molar-refractivity contribution in [2.75, 3.05) is 32.8 Å². The Hall–Kier alpha value is -0.770. The largest absolute Gasteiger partial charge is 0.379 e. The first-order chi connectivity index (χ1) is 8.25. The van der Waals surface area contributed by atoms with Crippen molar-refractivity contribution >= 4 is 5.96 Å². The summed E-state index contributed by atoms with van der Waals surface area (Å²) in [5.41, 5.74) is 5.97. The van der Waals surface area contributed by atoms with Crippen LogP contribution in [0, 0.1) is 11.8 Å². The Kier molecular flexibility index (Phi) is 4.66. The molecule has 1 saturated heterocycles. The number of nitrogens with two attached hydrogens (primary N) is 1. The molecule has 0 aromatic rings. The second kappa shape index (κ2) is 6.24. The number of hydrogen-bond donors (Lipinski definition) is 1. The number of rotatable bonds is 5. The molecule has 0 amide bonds. The minimum atomic E-state index is 0.699. The molecule has 2 aliphatic rings. The van der Waals surface area contributed by atoms with Gasteiger partial charge in [-0.1, -0.05) is 6.92 Å². The van der Waals surface area contributed by atoms with Gasteiger partial charge < -0.3 is 15.4 Å². The maximum absolute atomic E-state index is 5.97. The number of ether oxygens (including phenoxy) is 1. The van der Waals surface area contributed by atoms with E-state index in [2.05, 4.69) is 16.8 Å². The fourth-order valence-electron chi connectivity index (χ4n) is 2.10. The van der Waals surface area contributed by atoms with Gasteiger partial charge in [-0.3, -0.25) is 4.99 Å². The van der Waals surface area contributed by atoms with Crippen LogP contribution in [0.1, 0.15) is 32.6 Å². The lowest BCUT2D eigenvalue weighted by molar-refractivity contribution is 0.131. The molecule has 0 spiro atoms. The van der Waals surface area contributed by atoms with Gasteiger partial charge in [0, 0.05) is 19.7 Å². The van der Waals surface area contributed by atoms with Crippen molar-refractivity contribution in [1.82, 2.24) is 4.90 Å². The number of likely N-dealkylation sites (tertiary alicyclic amines) is 1. The van der Waals surface area contributed by atoms with Gasteiger partial charge in [-0.25, -0.2) is 0 Å². The summed E-state index contributed by atoms with van der Waals surface area (Å²) in [4.78, 5) is 6.58. The van der Waals surface area contributed by atoms with Gasteiger partial charge in [0.2, 0.25) is 0 Å². The highest BCUT2D eigenvalue weighted by atomic mass is 16.5. The minimum absolute atomic E-state index is 0.699. The van der Waals surface area contributed by atoms with Crippen LogP contribution in [-0.4, -0.2) is 43.7 Å². The van der Waals surface area contributed by atoms with Gasteiger partial charge in [0.05, 0.1) is 13.2 Å². The fourth-order valence-corrected chi connectivity index (χ4v) is 2.10. The van der Waals surface area contributed by atoms with E-state index in [9.17, 15) is 0 Å². The highest BCUT2D eigenvalue weighted by Crippen LogP contribution is 2.28. The van der Waals surface area contributed by atoms with E-state index in [0.29, 0.717) is 19.1 Å². The van der Waals surface area contributed by atoms with E-state index in [1.807, 2.05) is 0 Å². The van der Waals surface area contributed by atoms with Crippen molar-refractivity contribution < 1.29 is 4.74 Å². The standard InChI is InChI=1S/C13H25N3O/c1-11-4-7-16(8-5-11)13(14)15-6-9-17-10-12-2-3-12/h11-12H,2-10H2,1H3,(H2,14,15). The molecule has 4 heteroatoms. The average Bonchev–Trinajstić information content (AvgIpc) is 3.13. The summed E-state index contributed by atoms with van der Waals surface area (Å²) in [7, 11) is 0. The third kappa shape index (κ3) is 4.54. The molecule has 0 aromatic heterocycles. The summed E-state index contributed by atoms with van der Waals surface area (Å²) >= 11 is 0. The summed E-state index contributed by atoms with van der Waals surface area (Å²) in [6.45, 7) is 6.73. The molecule has 98 valence electrons. The molecule has 1 saturated carbocycles. The maximum atomic E-state index is 5.97. The van der Waals surface area contributed by atoms with E-state index >= 15 is 0 Å². The lowest BCUT2D eigenvalue weighted by atomic mass is 10.00. The Labute approximate surface area is 104 Å². The van der Waals surface area contributed by atoms with Crippen LogP contribution in [0.3, 0.4) is 0 Å². The highest BCUT2D eigenvalue weighted by molar-refractivity contribution is 5.78. The monoisotopic (exact) mass is 239 g/mol. The van der Waals surface area contributed by atoms with E-state index < -0.39 is 0 Å². The highest BCUT2D eigenvalue weighted by Gasteiger charge is 2.21. The zero-order chi connectivity index (χ0) is 12.1. The molecular formula is C13H25N3O. The SMILES string of the molecule is CC1CCN(C(N)=NCCOCC2CC2)CC1. The Morgan fingerprint density at radius 2 is 2.00 bits per heavy atom. The van der Waals surface area contributed by atoms with Crippen molar-refractivity contribution in [1.29, 1.82) is 0 Å². The van der Waals surface area contributed by atoms with Crippen molar-refractivity contribution in [3.8, 4) is 0 Å². The predicted molar refractivity (Wildman–Crippen MR) is 70.0 cm³/mol. The Bertz CT molecular complexity index is 255. The second-order valence-corrected chi connectivity index (χ2v) is 5.43. The summed E-state index contributed by atoms with van der Waals surface area (Å²) < 4.78 is 5.53. The summed E-state index contributed by atoms with van der Waals surface area (Å²) in [5, 5.41) is 0. The molecule has 0 radical (unpaired) electrons. The number of guanidine groups is 1. The molecule has 2 N–H and O–H groups in total. The summed E-state index contributed by atoms with van der Waals surface area (Å²) in [6.07, 6.45) is 5.15. The third-order valence-corrected chi connectivity index (χ3v) is 3.67. The first-order valence-corrected chi connectivity index (χ1v) is 6.88. The molecule has 0 aromatic carbocycles. The van der Waals surface area contributed by atoms with Gasteiger partial charge in [0.15, 0.2) is 5.96 Å². The quantitative estimate of drug-likeness (QED) is 0.449. The molecule has 4 nitrogen and oxygen atoms in total. The van der Waals surface area contributed by atoms with Crippen molar-refractivity contribution in [3.63, 3.8) is 0 Å². The van der Waals surface area contributed by atoms with Gasteiger partial charge in [0.25, 0.3) is 0 Å². The zero-order valence-electron chi connectivity index (χ0n) is 10.9. The van der Waals surface area contributed by atoms with Crippen LogP contribution in [0.2, 0.25) is 0 Å². The zero-order valence-corrected chi connectivity index (χ0v) is 10.9. The smallest absolute Gasteiger partial charge is 0.191 e. The van der Waals surface area contributed by atoms with E-state index in [1.165, 1.54) is 25.7 Å². The number of aliphatic imine (C=N–C) groups is 1. The van der Waals surface area contributed by atoms with Crippen LogP contribution in [0.25, 0.3) is 0 Å². The molecular weight excluding hydrogens is 214 g/mol. The Morgan fingerprint density at radius 1 is 1.29 bits per heavy atom. The molecule has 1 heterocycles. The second-order valence-electron chi connectivity index (χ2n) is 5.43. The summed E-state index contributed by atoms with van der Waals surface area (Å²) in [5.74, 6) is 2.37. The van der Waals surface area contributed by atoms with Gasteiger partial charge in [-0.05, 0) is 37.5 Å². The van der Waals surface area contributed by atoms with Crippen LogP contribution in [0.4, 0.5) is 0 Å². The third-order valence-electron chi connectivity index (χ3n) is 3.67. The topological polar surface area (TPSA) is 50.8 Å². The number of nitrogens with zero attached hydrogens (tertiary/aromatic N) is 2. The lowest BCUT2D eigenvalue weighted by Gasteiger charge is -2.31. The normalized spacial score (nSPS) is 23.1. The first kappa shape index (κ1) is 12.7. The van der Waals surface area contributed by atoms with Crippen molar-refractivity contribution in [2.45, 2.75) is 32.6 Å². The lowest BCUT2D eigenvalue weighted by Crippen LogP contribution is -2.42. The van der Waals surface area contributed by atoms with Crippen LogP contribution in [0.5, 0.6) is 0 Å². The average molecular weight is 239 g/mol. The predicted octanol–water partition coefficient (Wildman–Crippen LogP) is 1.46. The van der Waals surface area contributed by atoms with E-state index in [4.69, 9.17) is 10.5 Å². The van der Waals surface area contributed by atoms with Crippen LogP contribution in [0.15, 0.2) is 4.99 Å². The van der Waals surface area contributed by atoms with Gasteiger partial charge in [0.1, 0.15) is 0 Å². The minimum Gasteiger partial charge on any atom is -0.379 e. The molecule has 0 bridgehead atoms. The Morgan fingerprint density at radius 3 is 2.65 bits per heavy atom. The fraction of sp³-hybridized carbons (Fsp3) is 0.923. The molecule has 0 atom stereocenters. The Balaban J connectivity index is 1.58. The van der Waals surface area contributed by atoms with Crippen molar-refractivity contribution in [2.24, 2.45) is 22.6 Å². The van der Waals surface area contributed by atoms with E-state index in [1.54, 1.807) is 0 Å². The van der Waals surface area contributed by atoms with Crippen LogP contribution < -0.4 is 5.73 Å². The molecule has 2 fully saturated rings. The van der Waals surface area contributed by atoms with E-state index in [0.717, 1.165) is 31.5 Å². The molecule has 17 heavy (non-hydrogen) atoms. The van der Waals surface area contributed by atoms with Gasteiger partial charge in [-0.15, -0.1) is 0 Å². The molecule has 0 unspecified atom stereocenters. The summed E-state index contributed by atoms with van der Waals surface area (Å²) in [6, 6.07) is 0. The van der Waals surface area contributed by atoms with Crippen LogP contribution >= 0.6 is 0 Å². The van der Waals surface area contributed by atoms with Gasteiger partial charge in [-0.2, -0.15) is 0 Å².